The third kappa shape index (κ3) is 7.41. The number of nitrogens with one attached hydrogen (secondary N) is 2. The lowest BCUT2D eigenvalue weighted by Crippen LogP contribution is -2.54. The second kappa shape index (κ2) is 15.3. The van der Waals surface area contributed by atoms with Crippen molar-refractivity contribution in [3.8, 4) is 11.5 Å². The number of amides is 2. The summed E-state index contributed by atoms with van der Waals surface area (Å²) in [5.41, 5.74) is 7.19. The monoisotopic (exact) mass is 628 g/mol. The van der Waals surface area contributed by atoms with Crippen LogP contribution in [0, 0.1) is 17.8 Å². The van der Waals surface area contributed by atoms with Crippen molar-refractivity contribution in [3.63, 3.8) is 0 Å². The zero-order valence-corrected chi connectivity index (χ0v) is 27.3. The van der Waals surface area contributed by atoms with Crippen molar-refractivity contribution in [2.24, 2.45) is 23.5 Å². The molecule has 6 N–H and O–H groups in total. The number of unbranched alkanes of at least 4 members (excludes halogenated alkanes) is 1. The molecule has 6 unspecified atom stereocenters. The summed E-state index contributed by atoms with van der Waals surface area (Å²) in [5.74, 6) is 0.112. The number of hydrogen-bond donors (Lipinski definition) is 5. The van der Waals surface area contributed by atoms with Gasteiger partial charge >= 0.3 is 12.1 Å². The Bertz CT molecular complexity index is 1250. The molecule has 1 heterocycles. The number of aliphatic carboxylic acids is 1. The topological polar surface area (TPSA) is 163 Å². The SMILES string of the molecule is CCCC12CC(OC(=O)N3CCC(C(=O)O)CC3CNC(=O)C(CCCCN)NC)=CCC1C(C)Cc1ccc(OC)c(O)c12. The number of likely N-dealkylation sites (tertiary alicyclic amines) is 1. The van der Waals surface area contributed by atoms with Crippen molar-refractivity contribution in [1.29, 1.82) is 0 Å². The first-order valence-electron chi connectivity index (χ1n) is 16.5. The van der Waals surface area contributed by atoms with E-state index in [1.165, 1.54) is 0 Å². The Balaban J connectivity index is 1.53. The van der Waals surface area contributed by atoms with Gasteiger partial charge in [-0.05, 0) is 88.1 Å². The molecule has 1 aliphatic heterocycles. The van der Waals surface area contributed by atoms with Crippen LogP contribution in [-0.2, 0) is 26.2 Å². The van der Waals surface area contributed by atoms with E-state index in [1.807, 2.05) is 18.2 Å². The Kier molecular flexibility index (Phi) is 11.8. The minimum absolute atomic E-state index is 0.131. The van der Waals surface area contributed by atoms with Crippen LogP contribution in [0.15, 0.2) is 24.0 Å². The van der Waals surface area contributed by atoms with Crippen molar-refractivity contribution in [1.82, 2.24) is 15.5 Å². The minimum atomic E-state index is -0.905. The summed E-state index contributed by atoms with van der Waals surface area (Å²) in [6.07, 6.45) is 8.02. The molecule has 2 amide bonds. The molecule has 1 aromatic carbocycles. The van der Waals surface area contributed by atoms with Gasteiger partial charge in [-0.25, -0.2) is 4.79 Å². The molecule has 45 heavy (non-hydrogen) atoms. The third-order valence-corrected chi connectivity index (χ3v) is 10.3. The van der Waals surface area contributed by atoms with E-state index in [0.29, 0.717) is 43.2 Å². The minimum Gasteiger partial charge on any atom is -0.504 e. The maximum atomic E-state index is 13.8. The highest BCUT2D eigenvalue weighted by atomic mass is 16.6. The van der Waals surface area contributed by atoms with Gasteiger partial charge in [0.15, 0.2) is 11.5 Å². The number of carboxylic acids is 1. The molecule has 250 valence electrons. The van der Waals surface area contributed by atoms with Crippen molar-refractivity contribution in [2.75, 3.05) is 33.8 Å². The number of piperidine rings is 1. The molecule has 1 saturated heterocycles. The number of fused-ring (bicyclic) bond motifs is 3. The highest BCUT2D eigenvalue weighted by Gasteiger charge is 2.51. The molecule has 0 spiro atoms. The summed E-state index contributed by atoms with van der Waals surface area (Å²) >= 11 is 0. The van der Waals surface area contributed by atoms with Gasteiger partial charge in [-0.1, -0.05) is 32.8 Å². The molecule has 1 aromatic rings. The highest BCUT2D eigenvalue weighted by molar-refractivity contribution is 5.81. The lowest BCUT2D eigenvalue weighted by atomic mass is 9.53. The van der Waals surface area contributed by atoms with Crippen LogP contribution >= 0.6 is 0 Å². The van der Waals surface area contributed by atoms with Crippen LogP contribution in [0.1, 0.15) is 82.8 Å². The number of allylic oxidation sites excluding steroid dienone is 2. The fourth-order valence-electron chi connectivity index (χ4n) is 8.09. The van der Waals surface area contributed by atoms with Crippen LogP contribution in [0.5, 0.6) is 11.5 Å². The number of carbonyl (C=O) groups excluding carboxylic acids is 2. The summed E-state index contributed by atoms with van der Waals surface area (Å²) in [6.45, 7) is 5.30. The largest absolute Gasteiger partial charge is 0.504 e. The summed E-state index contributed by atoms with van der Waals surface area (Å²) in [5, 5.41) is 27.1. The standard InChI is InChI=1S/C34H52N4O7/c1-5-14-34-19-25(10-11-26(34)21(2)17-22-9-12-28(44-4)30(39)29(22)34)45-33(43)38-16-13-23(32(41)42)18-24(38)20-37-31(40)27(36-3)8-6-7-15-35/h9-10,12,21,23-24,26-27,36,39H,5-8,11,13-20,35H2,1-4H3,(H,37,40)(H,41,42). The van der Waals surface area contributed by atoms with Crippen molar-refractivity contribution >= 4 is 18.0 Å². The normalized spacial score (nSPS) is 26.6. The highest BCUT2D eigenvalue weighted by Crippen LogP contribution is 2.58. The number of ether oxygens (including phenoxy) is 2. The number of nitrogens with zero attached hydrogens (tertiary/aromatic N) is 1. The van der Waals surface area contributed by atoms with Gasteiger partial charge in [0.2, 0.25) is 5.91 Å². The molecule has 0 saturated carbocycles. The average Bonchev–Trinajstić information content (AvgIpc) is 3.01. The third-order valence-electron chi connectivity index (χ3n) is 10.3. The fraction of sp³-hybridized carbons (Fsp3) is 0.676. The Hall–Kier alpha value is -3.31. The number of carbonyl (C=O) groups is 3. The lowest BCUT2D eigenvalue weighted by Gasteiger charge is -2.51. The van der Waals surface area contributed by atoms with Gasteiger partial charge in [0.1, 0.15) is 5.76 Å². The second-order valence-electron chi connectivity index (χ2n) is 13.1. The van der Waals surface area contributed by atoms with E-state index in [0.717, 1.165) is 49.7 Å². The zero-order valence-electron chi connectivity index (χ0n) is 27.3. The van der Waals surface area contributed by atoms with E-state index in [4.69, 9.17) is 15.2 Å². The number of likely N-dealkylation sites (N-methyl/N-ethyl adjacent to an activating group) is 1. The predicted octanol–water partition coefficient (Wildman–Crippen LogP) is 4.06. The number of methoxy groups -OCH3 is 1. The molecule has 4 rings (SSSR count). The molecule has 2 aliphatic carbocycles. The zero-order chi connectivity index (χ0) is 32.7. The lowest BCUT2D eigenvalue weighted by molar-refractivity contribution is -0.143. The van der Waals surface area contributed by atoms with Crippen molar-refractivity contribution in [3.05, 3.63) is 35.1 Å². The molecular formula is C34H52N4O7. The molecule has 1 fully saturated rings. The number of benzene rings is 1. The molecule has 11 nitrogen and oxygen atoms in total. The van der Waals surface area contributed by atoms with E-state index in [-0.39, 0.29) is 37.1 Å². The van der Waals surface area contributed by atoms with Crippen LogP contribution in [0.3, 0.4) is 0 Å². The molecular weight excluding hydrogens is 576 g/mol. The van der Waals surface area contributed by atoms with Crippen molar-refractivity contribution in [2.45, 2.75) is 95.6 Å². The van der Waals surface area contributed by atoms with E-state index >= 15 is 0 Å². The van der Waals surface area contributed by atoms with Crippen LogP contribution < -0.4 is 21.1 Å². The van der Waals surface area contributed by atoms with Gasteiger partial charge in [-0.15, -0.1) is 0 Å². The fourth-order valence-corrected chi connectivity index (χ4v) is 8.09. The number of nitrogens with two attached hydrogens (primary N) is 1. The van der Waals surface area contributed by atoms with Gasteiger partial charge in [0.05, 0.1) is 25.1 Å². The van der Waals surface area contributed by atoms with Gasteiger partial charge in [0, 0.05) is 30.5 Å². The quantitative estimate of drug-likeness (QED) is 0.203. The van der Waals surface area contributed by atoms with Gasteiger partial charge in [-0.3, -0.25) is 9.59 Å². The number of aromatic hydroxyl groups is 1. The van der Waals surface area contributed by atoms with E-state index in [1.54, 1.807) is 19.1 Å². The van der Waals surface area contributed by atoms with Crippen LogP contribution in [-0.4, -0.2) is 79.0 Å². The Morgan fingerprint density at radius 1 is 1.24 bits per heavy atom. The van der Waals surface area contributed by atoms with E-state index in [9.17, 15) is 24.6 Å². The molecule has 3 aliphatic rings. The van der Waals surface area contributed by atoms with Gasteiger partial charge in [0.25, 0.3) is 0 Å². The van der Waals surface area contributed by atoms with Crippen molar-refractivity contribution < 1.29 is 34.1 Å². The first kappa shape index (κ1) is 34.6. The molecule has 0 bridgehead atoms. The van der Waals surface area contributed by atoms with Crippen LogP contribution in [0.4, 0.5) is 4.79 Å². The molecule has 0 aromatic heterocycles. The van der Waals surface area contributed by atoms with Gasteiger partial charge < -0.3 is 41.0 Å². The Morgan fingerprint density at radius 3 is 2.69 bits per heavy atom. The second-order valence-corrected chi connectivity index (χ2v) is 13.1. The maximum Gasteiger partial charge on any atom is 0.415 e. The number of phenolic OH excluding ortho intramolecular Hbond substituents is 1. The van der Waals surface area contributed by atoms with Crippen LogP contribution in [0.25, 0.3) is 0 Å². The van der Waals surface area contributed by atoms with Gasteiger partial charge in [-0.2, -0.15) is 0 Å². The predicted molar refractivity (Wildman–Crippen MR) is 171 cm³/mol. The summed E-state index contributed by atoms with van der Waals surface area (Å²) in [6, 6.07) is 2.94. The Morgan fingerprint density at radius 2 is 2.02 bits per heavy atom. The smallest absolute Gasteiger partial charge is 0.415 e. The molecule has 11 heteroatoms. The number of carboxylic acid groups (broad SMARTS) is 1. The average molecular weight is 629 g/mol. The Labute approximate surface area is 266 Å². The number of rotatable bonds is 13. The number of hydrogen-bond acceptors (Lipinski definition) is 8. The van der Waals surface area contributed by atoms with Crippen LogP contribution in [0.2, 0.25) is 0 Å². The summed E-state index contributed by atoms with van der Waals surface area (Å²) < 4.78 is 11.6. The first-order chi connectivity index (χ1) is 21.6. The summed E-state index contributed by atoms with van der Waals surface area (Å²) in [7, 11) is 3.28. The molecule has 0 radical (unpaired) electrons. The van der Waals surface area contributed by atoms with E-state index in [2.05, 4.69) is 24.5 Å². The van der Waals surface area contributed by atoms with E-state index < -0.39 is 35.5 Å². The number of phenols is 1. The summed E-state index contributed by atoms with van der Waals surface area (Å²) in [4.78, 5) is 40.2. The maximum absolute atomic E-state index is 13.8. The first-order valence-corrected chi connectivity index (χ1v) is 16.5. The molecule has 6 atom stereocenters.